The standard InChI is InChI=1S/C17H23ClN4OS/c1-17(2,3)15(11-22-9-5-8-19-22)21-16(24)20-13-10-12(18)6-7-14(13)23-4/h5-10,15H,11H2,1-4H3,(H2,20,21,24). The van der Waals surface area contributed by atoms with E-state index >= 15 is 0 Å². The van der Waals surface area contributed by atoms with Crippen molar-refractivity contribution in [2.75, 3.05) is 12.4 Å². The third-order valence-electron chi connectivity index (χ3n) is 3.69. The summed E-state index contributed by atoms with van der Waals surface area (Å²) in [6.45, 7) is 7.20. The molecule has 0 radical (unpaired) electrons. The van der Waals surface area contributed by atoms with Crippen LogP contribution < -0.4 is 15.4 Å². The number of hydrogen-bond donors (Lipinski definition) is 2. The number of thiocarbonyl (C=S) groups is 1. The number of methoxy groups -OCH3 is 1. The molecule has 0 saturated carbocycles. The monoisotopic (exact) mass is 366 g/mol. The van der Waals surface area contributed by atoms with Crippen molar-refractivity contribution in [1.82, 2.24) is 15.1 Å². The van der Waals surface area contributed by atoms with Gasteiger partial charge in [0, 0.05) is 17.4 Å². The van der Waals surface area contributed by atoms with Gasteiger partial charge in [0.1, 0.15) is 5.75 Å². The summed E-state index contributed by atoms with van der Waals surface area (Å²) in [5.41, 5.74) is 0.727. The molecule has 0 aliphatic rings. The highest BCUT2D eigenvalue weighted by Crippen LogP contribution is 2.28. The molecule has 0 spiro atoms. The van der Waals surface area contributed by atoms with E-state index in [4.69, 9.17) is 28.6 Å². The molecule has 2 aromatic rings. The van der Waals surface area contributed by atoms with Gasteiger partial charge in [-0.05, 0) is 41.9 Å². The molecule has 0 fully saturated rings. The third kappa shape index (κ3) is 5.11. The first-order chi connectivity index (χ1) is 11.3. The molecular formula is C17H23ClN4OS. The van der Waals surface area contributed by atoms with Crippen molar-refractivity contribution in [2.45, 2.75) is 33.4 Å². The van der Waals surface area contributed by atoms with Crippen LogP contribution in [0.25, 0.3) is 0 Å². The summed E-state index contributed by atoms with van der Waals surface area (Å²) in [5.74, 6) is 0.683. The SMILES string of the molecule is COc1ccc(Cl)cc1NC(=S)NC(Cn1cccn1)C(C)(C)C. The molecule has 2 N–H and O–H groups in total. The van der Waals surface area contributed by atoms with Gasteiger partial charge in [-0.25, -0.2) is 0 Å². The van der Waals surface area contributed by atoms with Crippen LogP contribution in [0.3, 0.4) is 0 Å². The van der Waals surface area contributed by atoms with E-state index in [0.29, 0.717) is 22.4 Å². The molecule has 0 bridgehead atoms. The lowest BCUT2D eigenvalue weighted by Gasteiger charge is -2.32. The minimum atomic E-state index is -0.00386. The summed E-state index contributed by atoms with van der Waals surface area (Å²) >= 11 is 11.5. The Morgan fingerprint density at radius 3 is 2.75 bits per heavy atom. The normalized spacial score (nSPS) is 12.5. The minimum absolute atomic E-state index is 0.00386. The Bertz CT molecular complexity index is 682. The summed E-state index contributed by atoms with van der Waals surface area (Å²) in [6, 6.07) is 7.37. The first-order valence-corrected chi connectivity index (χ1v) is 8.46. The van der Waals surface area contributed by atoms with E-state index in [0.717, 1.165) is 5.69 Å². The Hall–Kier alpha value is -1.79. The molecule has 130 valence electrons. The molecule has 2 rings (SSSR count). The van der Waals surface area contributed by atoms with Crippen molar-refractivity contribution in [2.24, 2.45) is 5.41 Å². The largest absolute Gasteiger partial charge is 0.495 e. The molecule has 24 heavy (non-hydrogen) atoms. The van der Waals surface area contributed by atoms with E-state index in [1.54, 1.807) is 31.5 Å². The highest BCUT2D eigenvalue weighted by molar-refractivity contribution is 7.80. The quantitative estimate of drug-likeness (QED) is 0.785. The van der Waals surface area contributed by atoms with E-state index < -0.39 is 0 Å². The van der Waals surface area contributed by atoms with Gasteiger partial charge in [0.25, 0.3) is 0 Å². The number of aromatic nitrogens is 2. The fraction of sp³-hybridized carbons (Fsp3) is 0.412. The molecule has 5 nitrogen and oxygen atoms in total. The molecule has 0 amide bonds. The van der Waals surface area contributed by atoms with Gasteiger partial charge in [0.15, 0.2) is 5.11 Å². The van der Waals surface area contributed by atoms with Crippen molar-refractivity contribution >= 4 is 34.6 Å². The summed E-state index contributed by atoms with van der Waals surface area (Å²) in [5, 5.41) is 11.9. The van der Waals surface area contributed by atoms with E-state index in [2.05, 4.69) is 36.5 Å². The number of anilines is 1. The number of rotatable bonds is 5. The van der Waals surface area contributed by atoms with E-state index in [1.807, 2.05) is 16.9 Å². The summed E-state index contributed by atoms with van der Waals surface area (Å²) in [7, 11) is 1.61. The number of hydrogen-bond acceptors (Lipinski definition) is 3. The van der Waals surface area contributed by atoms with Crippen LogP contribution in [0.5, 0.6) is 5.75 Å². The van der Waals surface area contributed by atoms with E-state index in [1.165, 1.54) is 0 Å². The first-order valence-electron chi connectivity index (χ1n) is 7.68. The zero-order valence-electron chi connectivity index (χ0n) is 14.3. The van der Waals surface area contributed by atoms with Gasteiger partial charge in [-0.1, -0.05) is 32.4 Å². The van der Waals surface area contributed by atoms with Gasteiger partial charge in [-0.15, -0.1) is 0 Å². The molecule has 1 atom stereocenters. The Morgan fingerprint density at radius 1 is 1.42 bits per heavy atom. The van der Waals surface area contributed by atoms with E-state index in [-0.39, 0.29) is 11.5 Å². The smallest absolute Gasteiger partial charge is 0.171 e. The fourth-order valence-electron chi connectivity index (χ4n) is 2.23. The predicted molar refractivity (Wildman–Crippen MR) is 103 cm³/mol. The van der Waals surface area contributed by atoms with Crippen LogP contribution in [0.4, 0.5) is 5.69 Å². The summed E-state index contributed by atoms with van der Waals surface area (Å²) in [6.07, 6.45) is 3.71. The average molecular weight is 367 g/mol. The number of ether oxygens (including phenoxy) is 1. The van der Waals surface area contributed by atoms with Crippen LogP contribution in [0.2, 0.25) is 5.02 Å². The molecule has 1 aromatic carbocycles. The highest BCUT2D eigenvalue weighted by atomic mass is 35.5. The maximum Gasteiger partial charge on any atom is 0.171 e. The van der Waals surface area contributed by atoms with Gasteiger partial charge in [0.05, 0.1) is 25.4 Å². The van der Waals surface area contributed by atoms with Crippen molar-refractivity contribution in [1.29, 1.82) is 0 Å². The van der Waals surface area contributed by atoms with Crippen LogP contribution >= 0.6 is 23.8 Å². The molecule has 7 heteroatoms. The van der Waals surface area contributed by atoms with Crippen molar-refractivity contribution in [3.05, 3.63) is 41.7 Å². The minimum Gasteiger partial charge on any atom is -0.495 e. The van der Waals surface area contributed by atoms with Crippen molar-refractivity contribution in [3.8, 4) is 5.75 Å². The topological polar surface area (TPSA) is 51.1 Å². The van der Waals surface area contributed by atoms with Crippen LogP contribution in [-0.2, 0) is 6.54 Å². The lowest BCUT2D eigenvalue weighted by atomic mass is 9.87. The Balaban J connectivity index is 2.09. The van der Waals surface area contributed by atoms with Gasteiger partial charge in [-0.2, -0.15) is 5.10 Å². The third-order valence-corrected chi connectivity index (χ3v) is 4.14. The molecule has 0 aliphatic carbocycles. The number of halogens is 1. The Kier molecular flexibility index (Phi) is 6.07. The molecule has 0 aliphatic heterocycles. The first kappa shape index (κ1) is 18.5. The summed E-state index contributed by atoms with van der Waals surface area (Å²) in [4.78, 5) is 0. The highest BCUT2D eigenvalue weighted by Gasteiger charge is 2.26. The van der Waals surface area contributed by atoms with Crippen molar-refractivity contribution in [3.63, 3.8) is 0 Å². The van der Waals surface area contributed by atoms with Crippen LogP contribution in [0.15, 0.2) is 36.7 Å². The lowest BCUT2D eigenvalue weighted by molar-refractivity contribution is 0.262. The maximum atomic E-state index is 6.06. The number of nitrogens with zero attached hydrogens (tertiary/aromatic N) is 2. The predicted octanol–water partition coefficient (Wildman–Crippen LogP) is 3.95. The summed E-state index contributed by atoms with van der Waals surface area (Å²) < 4.78 is 7.23. The Morgan fingerprint density at radius 2 is 2.17 bits per heavy atom. The molecule has 0 saturated heterocycles. The second kappa shape index (κ2) is 7.85. The fourth-order valence-corrected chi connectivity index (χ4v) is 2.65. The molecule has 1 aromatic heterocycles. The lowest BCUT2D eigenvalue weighted by Crippen LogP contribution is -2.48. The second-order valence-corrected chi connectivity index (χ2v) is 7.43. The van der Waals surface area contributed by atoms with Crippen molar-refractivity contribution < 1.29 is 4.74 Å². The van der Waals surface area contributed by atoms with Gasteiger partial charge in [0.2, 0.25) is 0 Å². The van der Waals surface area contributed by atoms with Crippen LogP contribution in [0.1, 0.15) is 20.8 Å². The number of nitrogens with one attached hydrogen (secondary N) is 2. The molecule has 1 unspecified atom stereocenters. The van der Waals surface area contributed by atoms with E-state index in [9.17, 15) is 0 Å². The second-order valence-electron chi connectivity index (χ2n) is 6.59. The van der Waals surface area contributed by atoms with Gasteiger partial charge >= 0.3 is 0 Å². The van der Waals surface area contributed by atoms with Gasteiger partial charge < -0.3 is 15.4 Å². The zero-order valence-corrected chi connectivity index (χ0v) is 15.9. The molecule has 1 heterocycles. The molecular weight excluding hydrogens is 344 g/mol. The van der Waals surface area contributed by atoms with Gasteiger partial charge in [-0.3, -0.25) is 4.68 Å². The number of benzene rings is 1. The maximum absolute atomic E-state index is 6.06. The Labute approximate surface area is 153 Å². The van der Waals surface area contributed by atoms with Crippen LogP contribution in [0, 0.1) is 5.41 Å². The average Bonchev–Trinajstić information content (AvgIpc) is 2.99. The zero-order chi connectivity index (χ0) is 17.7. The van der Waals surface area contributed by atoms with Crippen LogP contribution in [-0.4, -0.2) is 28.0 Å².